The van der Waals surface area contributed by atoms with E-state index in [1.54, 1.807) is 0 Å². The van der Waals surface area contributed by atoms with Crippen LogP contribution in [0.2, 0.25) is 0 Å². The fraction of sp³-hybridized carbons (Fsp3) is 0.595. The third-order valence-corrected chi connectivity index (χ3v) is 8.96. The van der Waals surface area contributed by atoms with E-state index < -0.39 is 0 Å². The molecule has 0 radical (unpaired) electrons. The molecule has 0 bridgehead atoms. The largest absolute Gasteiger partial charge is 2.00 e. The molecule has 0 amide bonds. The standard InChI is InChI=1S/C37H57N2.HI.Mg/c1-11-28(12-2)32-21-19-22-33(29(13-3)14-4)36(32)38-26(9)25-27(10)39-37-34(30(15-5)16-6)23-20-24-35(37)31(17-7)18-8;;/h19-25,28-31H,11-18H2,1-10H3;1H;/q-1;;+2/b26-25-,39-27?;;. The Hall–Kier alpha value is -0.854. The Kier molecular flexibility index (Phi) is 20.5. The molecule has 41 heavy (non-hydrogen) atoms. The molecular weight excluding hydrogens is 624 g/mol. The van der Waals surface area contributed by atoms with Gasteiger partial charge in [0.05, 0.1) is 0 Å². The van der Waals surface area contributed by atoms with Crippen LogP contribution in [0.25, 0.3) is 5.32 Å². The Labute approximate surface area is 287 Å². The topological polar surface area (TPSA) is 28.1 Å². The second-order valence-electron chi connectivity index (χ2n) is 11.4. The molecule has 4 heteroatoms. The van der Waals surface area contributed by atoms with Crippen molar-refractivity contribution in [2.45, 2.75) is 144 Å². The monoisotopic (exact) mass is 681 g/mol. The molecule has 0 aliphatic heterocycles. The van der Waals surface area contributed by atoms with Crippen LogP contribution in [0.15, 0.2) is 48.2 Å². The van der Waals surface area contributed by atoms with E-state index in [0.29, 0.717) is 23.7 Å². The van der Waals surface area contributed by atoms with Gasteiger partial charge in [0.2, 0.25) is 5.69 Å². The number of para-hydroxylation sites is 2. The number of rotatable bonds is 16. The SMILES string of the molecule is CCC(CC)c1cccc(C(CC)CC)c1[N-]/C(C)=C\C(C)=[NH+]c1c(C(CC)CC)cccc1C(CC)CC.[I-].[Mg+2]. The molecule has 0 fully saturated rings. The molecule has 0 aliphatic carbocycles. The first-order chi connectivity index (χ1) is 18.8. The number of halogens is 1. The van der Waals surface area contributed by atoms with E-state index in [4.69, 9.17) is 5.32 Å². The minimum absolute atomic E-state index is 0. The predicted octanol–water partition coefficient (Wildman–Crippen LogP) is 7.71. The fourth-order valence-electron chi connectivity index (χ4n) is 6.45. The molecular formula is C37H58IMgN2+. The maximum atomic E-state index is 5.35. The van der Waals surface area contributed by atoms with Gasteiger partial charge in [-0.25, -0.2) is 4.99 Å². The van der Waals surface area contributed by atoms with Crippen molar-refractivity contribution in [3.8, 4) is 0 Å². The van der Waals surface area contributed by atoms with E-state index in [9.17, 15) is 0 Å². The van der Waals surface area contributed by atoms with Gasteiger partial charge in [-0.3, -0.25) is 0 Å². The number of nitrogens with zero attached hydrogens (tertiary/aromatic N) is 1. The van der Waals surface area contributed by atoms with Gasteiger partial charge in [0.15, 0.2) is 5.71 Å². The van der Waals surface area contributed by atoms with Crippen molar-refractivity contribution in [3.63, 3.8) is 0 Å². The first-order valence-electron chi connectivity index (χ1n) is 16.1. The summed E-state index contributed by atoms with van der Waals surface area (Å²) in [5.74, 6) is 2.23. The predicted molar refractivity (Wildman–Crippen MR) is 180 cm³/mol. The van der Waals surface area contributed by atoms with Gasteiger partial charge in [-0.05, 0) is 81.1 Å². The smallest absolute Gasteiger partial charge is 1.00 e. The first kappa shape index (κ1) is 40.1. The van der Waals surface area contributed by atoms with Crippen molar-refractivity contribution in [2.75, 3.05) is 0 Å². The number of benzene rings is 2. The zero-order valence-electron chi connectivity index (χ0n) is 28.0. The summed E-state index contributed by atoms with van der Waals surface area (Å²) in [7, 11) is 0. The zero-order valence-corrected chi connectivity index (χ0v) is 31.6. The summed E-state index contributed by atoms with van der Waals surface area (Å²) in [6.45, 7) is 22.9. The molecule has 224 valence electrons. The third-order valence-electron chi connectivity index (χ3n) is 8.96. The zero-order chi connectivity index (χ0) is 28.9. The van der Waals surface area contributed by atoms with E-state index in [1.165, 1.54) is 33.6 Å². The summed E-state index contributed by atoms with van der Waals surface area (Å²) >= 11 is 0. The molecule has 1 N–H and O–H groups in total. The van der Waals surface area contributed by atoms with E-state index in [2.05, 4.69) is 117 Å². The average molecular weight is 682 g/mol. The van der Waals surface area contributed by atoms with Gasteiger partial charge < -0.3 is 29.3 Å². The molecule has 0 saturated carbocycles. The van der Waals surface area contributed by atoms with Gasteiger partial charge in [0.25, 0.3) is 0 Å². The van der Waals surface area contributed by atoms with Gasteiger partial charge >= 0.3 is 23.1 Å². The quantitative estimate of drug-likeness (QED) is 0.107. The van der Waals surface area contributed by atoms with Gasteiger partial charge in [-0.15, -0.1) is 5.69 Å². The minimum Gasteiger partial charge on any atom is -1.00 e. The second-order valence-corrected chi connectivity index (χ2v) is 11.4. The summed E-state index contributed by atoms with van der Waals surface area (Å²) in [6, 6.07) is 13.8. The van der Waals surface area contributed by atoms with Crippen LogP contribution in [-0.4, -0.2) is 28.8 Å². The molecule has 2 aromatic rings. The van der Waals surface area contributed by atoms with Crippen LogP contribution in [0.4, 0.5) is 11.4 Å². The van der Waals surface area contributed by atoms with Crippen LogP contribution in [0, 0.1) is 0 Å². The van der Waals surface area contributed by atoms with Crippen LogP contribution in [0.3, 0.4) is 0 Å². The molecule has 0 aromatic heterocycles. The van der Waals surface area contributed by atoms with Crippen LogP contribution >= 0.6 is 0 Å². The van der Waals surface area contributed by atoms with Crippen molar-refractivity contribution in [1.29, 1.82) is 0 Å². The van der Waals surface area contributed by atoms with Crippen molar-refractivity contribution >= 4 is 40.1 Å². The second kappa shape index (κ2) is 20.9. The van der Waals surface area contributed by atoms with Crippen LogP contribution in [-0.2, 0) is 0 Å². The Morgan fingerprint density at radius 3 is 1.27 bits per heavy atom. The van der Waals surface area contributed by atoms with E-state index in [-0.39, 0.29) is 47.0 Å². The molecule has 2 rings (SSSR count). The Bertz CT molecular complexity index is 1010. The maximum Gasteiger partial charge on any atom is 2.00 e. The van der Waals surface area contributed by atoms with E-state index in [1.807, 2.05) is 0 Å². The van der Waals surface area contributed by atoms with Crippen LogP contribution in [0.1, 0.15) is 167 Å². The third kappa shape index (κ3) is 10.7. The summed E-state index contributed by atoms with van der Waals surface area (Å²) < 4.78 is 0. The van der Waals surface area contributed by atoms with Gasteiger partial charge in [0, 0.05) is 18.1 Å². The summed E-state index contributed by atoms with van der Waals surface area (Å²) in [5.41, 5.74) is 10.5. The van der Waals surface area contributed by atoms with Gasteiger partial charge in [-0.1, -0.05) is 110 Å². The Morgan fingerprint density at radius 1 is 0.610 bits per heavy atom. The fourth-order valence-corrected chi connectivity index (χ4v) is 6.45. The van der Waals surface area contributed by atoms with Crippen LogP contribution in [0.5, 0.6) is 0 Å². The van der Waals surface area contributed by atoms with Crippen molar-refractivity contribution in [3.05, 3.63) is 75.7 Å². The number of allylic oxidation sites excluding steroid dienone is 2. The molecule has 0 aliphatic rings. The first-order valence-corrected chi connectivity index (χ1v) is 16.1. The summed E-state index contributed by atoms with van der Waals surface area (Å²) in [5, 5.41) is 5.35. The van der Waals surface area contributed by atoms with Crippen molar-refractivity contribution in [2.24, 2.45) is 0 Å². The molecule has 0 atom stereocenters. The average Bonchev–Trinajstić information content (AvgIpc) is 2.94. The van der Waals surface area contributed by atoms with Crippen LogP contribution < -0.4 is 29.0 Å². The number of hydrogen-bond acceptors (Lipinski definition) is 0. The minimum atomic E-state index is 0. The molecule has 0 saturated heterocycles. The van der Waals surface area contributed by atoms with Crippen molar-refractivity contribution < 1.29 is 29.0 Å². The molecule has 0 spiro atoms. The number of nitrogens with one attached hydrogen (secondary N) is 1. The van der Waals surface area contributed by atoms with E-state index >= 15 is 0 Å². The Balaban J connectivity index is 0.00000800. The maximum absolute atomic E-state index is 5.35. The summed E-state index contributed by atoms with van der Waals surface area (Å²) in [6.07, 6.45) is 11.5. The summed E-state index contributed by atoms with van der Waals surface area (Å²) in [4.78, 5) is 3.89. The molecule has 0 unspecified atom stereocenters. The molecule has 2 nitrogen and oxygen atoms in total. The van der Waals surface area contributed by atoms with Gasteiger partial charge in [-0.2, -0.15) is 5.70 Å². The number of hydrogen-bond donors (Lipinski definition) is 1. The molecule has 2 aromatic carbocycles. The van der Waals surface area contributed by atoms with Crippen molar-refractivity contribution in [1.82, 2.24) is 0 Å². The molecule has 0 heterocycles. The normalized spacial score (nSPS) is 12.2. The van der Waals surface area contributed by atoms with E-state index in [0.717, 1.165) is 62.8 Å². The van der Waals surface area contributed by atoms with Gasteiger partial charge in [0.1, 0.15) is 0 Å². The Morgan fingerprint density at radius 2 is 0.927 bits per heavy atom.